The van der Waals surface area contributed by atoms with E-state index in [4.69, 9.17) is 9.57 Å². The Hall–Kier alpha value is -0.120. The fraction of sp³-hybridized carbons (Fsp3) is 1.00. The minimum atomic E-state index is -0.127. The minimum absolute atomic E-state index is 0.127. The van der Waals surface area contributed by atoms with Crippen molar-refractivity contribution in [1.82, 2.24) is 5.48 Å². The van der Waals surface area contributed by atoms with Crippen LogP contribution in [0.1, 0.15) is 52.9 Å². The van der Waals surface area contributed by atoms with Gasteiger partial charge in [0.05, 0.1) is 0 Å². The zero-order valence-electron chi connectivity index (χ0n) is 9.79. The lowest BCUT2D eigenvalue weighted by Gasteiger charge is -2.16. The fourth-order valence-corrected chi connectivity index (χ4v) is 0.988. The Balaban J connectivity index is 3.44. The van der Waals surface area contributed by atoms with E-state index in [0.29, 0.717) is 0 Å². The molecule has 0 spiro atoms. The van der Waals surface area contributed by atoms with Crippen LogP contribution in [0.5, 0.6) is 0 Å². The van der Waals surface area contributed by atoms with E-state index in [0.717, 1.165) is 45.3 Å². The van der Waals surface area contributed by atoms with Gasteiger partial charge in [0.1, 0.15) is 0 Å². The maximum Gasteiger partial charge on any atom is 0.179 e. The second-order valence-electron chi connectivity index (χ2n) is 3.40. The zero-order valence-corrected chi connectivity index (χ0v) is 9.79. The maximum atomic E-state index is 5.55. The lowest BCUT2D eigenvalue weighted by atomic mass is 10.3. The van der Waals surface area contributed by atoms with Crippen molar-refractivity contribution >= 4 is 0 Å². The summed E-state index contributed by atoms with van der Waals surface area (Å²) in [6.07, 6.45) is 5.14. The molecular formula is C11H24NO2. The number of nitrogens with zero attached hydrogens (tertiary/aromatic N) is 1. The predicted molar refractivity (Wildman–Crippen MR) is 57.9 cm³/mol. The summed E-state index contributed by atoms with van der Waals surface area (Å²) in [6, 6.07) is 0. The summed E-state index contributed by atoms with van der Waals surface area (Å²) in [6.45, 7) is 7.90. The first-order valence-corrected chi connectivity index (χ1v) is 5.79. The third-order valence-corrected chi connectivity index (χ3v) is 1.83. The van der Waals surface area contributed by atoms with Gasteiger partial charge in [-0.25, -0.2) is 0 Å². The molecule has 0 aliphatic carbocycles. The van der Waals surface area contributed by atoms with Crippen LogP contribution in [-0.2, 0) is 9.57 Å². The SMILES string of the molecule is CCCCOC(CCC)O[N]CCC. The number of ether oxygens (including phenoxy) is 1. The molecule has 0 aromatic rings. The molecule has 3 heteroatoms. The highest BCUT2D eigenvalue weighted by atomic mass is 16.8. The van der Waals surface area contributed by atoms with E-state index in [1.54, 1.807) is 0 Å². The van der Waals surface area contributed by atoms with Gasteiger partial charge in [-0.15, -0.1) is 0 Å². The molecule has 0 rings (SSSR count). The molecular weight excluding hydrogens is 178 g/mol. The van der Waals surface area contributed by atoms with E-state index >= 15 is 0 Å². The molecule has 1 radical (unpaired) electrons. The molecule has 0 saturated carbocycles. The Labute approximate surface area is 88.1 Å². The second kappa shape index (κ2) is 11.0. The number of rotatable bonds is 10. The van der Waals surface area contributed by atoms with Gasteiger partial charge in [0.25, 0.3) is 0 Å². The van der Waals surface area contributed by atoms with Crippen LogP contribution in [0.15, 0.2) is 0 Å². The largest absolute Gasteiger partial charge is 0.351 e. The second-order valence-corrected chi connectivity index (χ2v) is 3.40. The van der Waals surface area contributed by atoms with Crippen molar-refractivity contribution in [2.45, 2.75) is 59.2 Å². The normalized spacial score (nSPS) is 13.1. The highest BCUT2D eigenvalue weighted by Crippen LogP contribution is 2.04. The van der Waals surface area contributed by atoms with E-state index in [2.05, 4.69) is 26.3 Å². The Bertz CT molecular complexity index is 99.5. The molecule has 0 aromatic carbocycles. The Kier molecular flexibility index (Phi) is 10.9. The summed E-state index contributed by atoms with van der Waals surface area (Å²) in [5, 5.41) is 0. The Morgan fingerprint density at radius 3 is 2.43 bits per heavy atom. The summed E-state index contributed by atoms with van der Waals surface area (Å²) < 4.78 is 5.55. The van der Waals surface area contributed by atoms with Gasteiger partial charge in [-0.1, -0.05) is 39.1 Å². The van der Waals surface area contributed by atoms with Gasteiger partial charge in [0.2, 0.25) is 0 Å². The molecule has 85 valence electrons. The summed E-state index contributed by atoms with van der Waals surface area (Å²) in [5.41, 5.74) is 3.96. The van der Waals surface area contributed by atoms with Crippen LogP contribution in [0.4, 0.5) is 0 Å². The highest BCUT2D eigenvalue weighted by molar-refractivity contribution is 4.43. The lowest BCUT2D eigenvalue weighted by Crippen LogP contribution is -2.23. The summed E-state index contributed by atoms with van der Waals surface area (Å²) in [7, 11) is 0. The minimum Gasteiger partial charge on any atom is -0.351 e. The molecule has 0 amide bonds. The standard InChI is InChI=1S/C11H24NO2/c1-4-7-10-13-11(8-5-2)14-12-9-6-3/h11H,4-10H2,1-3H3. The number of hydrogen-bond acceptors (Lipinski definition) is 2. The van der Waals surface area contributed by atoms with Crippen LogP contribution in [0.25, 0.3) is 0 Å². The average molecular weight is 202 g/mol. The molecule has 0 aromatic heterocycles. The van der Waals surface area contributed by atoms with Crippen molar-refractivity contribution in [2.75, 3.05) is 13.2 Å². The molecule has 0 N–H and O–H groups in total. The van der Waals surface area contributed by atoms with Gasteiger partial charge < -0.3 is 4.74 Å². The van der Waals surface area contributed by atoms with E-state index in [-0.39, 0.29) is 6.29 Å². The van der Waals surface area contributed by atoms with Gasteiger partial charge in [0.15, 0.2) is 6.29 Å². The molecule has 1 atom stereocenters. The number of hydrogen-bond donors (Lipinski definition) is 0. The first kappa shape index (κ1) is 13.9. The van der Waals surface area contributed by atoms with Crippen LogP contribution < -0.4 is 5.48 Å². The van der Waals surface area contributed by atoms with Gasteiger partial charge in [0, 0.05) is 13.2 Å². The molecule has 0 fully saturated rings. The first-order chi connectivity index (χ1) is 6.85. The van der Waals surface area contributed by atoms with Crippen molar-refractivity contribution in [1.29, 1.82) is 0 Å². The Morgan fingerprint density at radius 2 is 1.86 bits per heavy atom. The van der Waals surface area contributed by atoms with E-state index < -0.39 is 0 Å². The summed E-state index contributed by atoms with van der Waals surface area (Å²) in [4.78, 5) is 5.27. The molecule has 0 aliphatic rings. The first-order valence-electron chi connectivity index (χ1n) is 5.79. The topological polar surface area (TPSA) is 32.6 Å². The Morgan fingerprint density at radius 1 is 1.07 bits per heavy atom. The molecule has 0 saturated heterocycles. The van der Waals surface area contributed by atoms with E-state index in [9.17, 15) is 0 Å². The van der Waals surface area contributed by atoms with Crippen LogP contribution in [0.3, 0.4) is 0 Å². The fourth-order valence-electron chi connectivity index (χ4n) is 0.988. The predicted octanol–water partition coefficient (Wildman–Crippen LogP) is 2.88. The van der Waals surface area contributed by atoms with Gasteiger partial charge >= 0.3 is 0 Å². The smallest absolute Gasteiger partial charge is 0.179 e. The maximum absolute atomic E-state index is 5.55. The van der Waals surface area contributed by atoms with Crippen molar-refractivity contribution < 1.29 is 9.57 Å². The summed E-state index contributed by atoms with van der Waals surface area (Å²) in [5.74, 6) is 0. The third-order valence-electron chi connectivity index (χ3n) is 1.83. The van der Waals surface area contributed by atoms with Crippen LogP contribution in [0.2, 0.25) is 0 Å². The van der Waals surface area contributed by atoms with E-state index in [1.807, 2.05) is 0 Å². The zero-order chi connectivity index (χ0) is 10.6. The molecule has 0 bridgehead atoms. The molecule has 3 nitrogen and oxygen atoms in total. The molecule has 1 unspecified atom stereocenters. The average Bonchev–Trinajstić information content (AvgIpc) is 2.18. The monoisotopic (exact) mass is 202 g/mol. The van der Waals surface area contributed by atoms with Gasteiger partial charge in [-0.2, -0.15) is 0 Å². The van der Waals surface area contributed by atoms with Gasteiger partial charge in [-0.05, 0) is 19.3 Å². The summed E-state index contributed by atoms with van der Waals surface area (Å²) >= 11 is 0. The van der Waals surface area contributed by atoms with E-state index in [1.165, 1.54) is 0 Å². The van der Waals surface area contributed by atoms with Crippen molar-refractivity contribution in [3.63, 3.8) is 0 Å². The molecule has 0 heterocycles. The van der Waals surface area contributed by atoms with Crippen LogP contribution in [0, 0.1) is 0 Å². The van der Waals surface area contributed by atoms with Crippen LogP contribution in [-0.4, -0.2) is 19.4 Å². The van der Waals surface area contributed by atoms with Crippen molar-refractivity contribution in [2.24, 2.45) is 0 Å². The van der Waals surface area contributed by atoms with Gasteiger partial charge in [-0.3, -0.25) is 4.84 Å². The molecule has 14 heavy (non-hydrogen) atoms. The molecule has 0 aliphatic heterocycles. The van der Waals surface area contributed by atoms with Crippen molar-refractivity contribution in [3.8, 4) is 0 Å². The highest BCUT2D eigenvalue weighted by Gasteiger charge is 2.08. The van der Waals surface area contributed by atoms with Crippen molar-refractivity contribution in [3.05, 3.63) is 0 Å². The third kappa shape index (κ3) is 8.48. The number of unbranched alkanes of at least 4 members (excludes halogenated alkanes) is 1. The number of hydroxylamine groups is 1. The quantitative estimate of drug-likeness (QED) is 0.310. The van der Waals surface area contributed by atoms with Crippen LogP contribution >= 0.6 is 0 Å². The lowest BCUT2D eigenvalue weighted by molar-refractivity contribution is -0.186.